The predicted octanol–water partition coefficient (Wildman–Crippen LogP) is 2.33. The maximum atomic E-state index is 12.2. The normalized spacial score (nSPS) is 11.9. The topological polar surface area (TPSA) is 90.9 Å². The third-order valence-electron chi connectivity index (χ3n) is 3.70. The molecule has 0 spiro atoms. The second kappa shape index (κ2) is 7.52. The molecule has 0 saturated heterocycles. The van der Waals surface area contributed by atoms with Gasteiger partial charge in [0.2, 0.25) is 0 Å². The summed E-state index contributed by atoms with van der Waals surface area (Å²) in [6.07, 6.45) is 1.29. The van der Waals surface area contributed by atoms with Gasteiger partial charge in [-0.05, 0) is 24.1 Å². The fourth-order valence-electron chi connectivity index (χ4n) is 2.42. The number of hydrogen-bond acceptors (Lipinski definition) is 4. The molecule has 0 aliphatic heterocycles. The highest BCUT2D eigenvalue weighted by Gasteiger charge is 2.10. The van der Waals surface area contributed by atoms with E-state index in [4.69, 9.17) is 0 Å². The summed E-state index contributed by atoms with van der Waals surface area (Å²) in [5.74, 6) is 0.431. The van der Waals surface area contributed by atoms with Crippen molar-refractivity contribution in [1.29, 1.82) is 0 Å². The second-order valence-corrected chi connectivity index (χ2v) is 5.39. The first kappa shape index (κ1) is 15.9. The number of amides is 1. The van der Waals surface area contributed by atoms with Crippen LogP contribution in [0.3, 0.4) is 0 Å². The minimum atomic E-state index is -0.591. The molecular weight excluding hydrogens is 304 g/mol. The number of carbonyl (C=O) groups excluding carboxylic acids is 1. The summed E-state index contributed by atoms with van der Waals surface area (Å²) in [6.45, 7) is 0.390. The number of H-pyrrole nitrogens is 1. The molecule has 1 unspecified atom stereocenters. The standard InChI is InChI=1S/C18H18N4O2/c23-16(13-5-2-1-3-6-13)9-10-19-18(24)15-8-4-7-14(11-15)17-20-12-21-22-17/h1-8,11-12,16,23H,9-10H2,(H,19,24)(H,20,21,22). The van der Waals surface area contributed by atoms with Crippen LogP contribution >= 0.6 is 0 Å². The fourth-order valence-corrected chi connectivity index (χ4v) is 2.42. The molecule has 1 atom stereocenters. The number of nitrogens with zero attached hydrogens (tertiary/aromatic N) is 2. The van der Waals surface area contributed by atoms with Crippen LogP contribution in [-0.2, 0) is 0 Å². The van der Waals surface area contributed by atoms with E-state index in [0.717, 1.165) is 11.1 Å². The Bertz CT molecular complexity index is 788. The molecule has 0 aliphatic carbocycles. The van der Waals surface area contributed by atoms with Gasteiger partial charge in [0.25, 0.3) is 5.91 Å². The van der Waals surface area contributed by atoms with Gasteiger partial charge in [-0.2, -0.15) is 5.10 Å². The van der Waals surface area contributed by atoms with Gasteiger partial charge in [-0.25, -0.2) is 4.98 Å². The molecule has 3 aromatic rings. The molecule has 6 heteroatoms. The van der Waals surface area contributed by atoms with Crippen molar-refractivity contribution >= 4 is 5.91 Å². The van der Waals surface area contributed by atoms with Gasteiger partial charge in [-0.15, -0.1) is 0 Å². The Kier molecular flexibility index (Phi) is 4.98. The smallest absolute Gasteiger partial charge is 0.251 e. The van der Waals surface area contributed by atoms with Gasteiger partial charge in [0.1, 0.15) is 6.33 Å². The Morgan fingerprint density at radius 2 is 2.00 bits per heavy atom. The molecular formula is C18H18N4O2. The van der Waals surface area contributed by atoms with E-state index in [2.05, 4.69) is 20.5 Å². The molecule has 0 fully saturated rings. The minimum absolute atomic E-state index is 0.184. The van der Waals surface area contributed by atoms with Gasteiger partial charge in [-0.1, -0.05) is 42.5 Å². The number of aliphatic hydroxyl groups is 1. The van der Waals surface area contributed by atoms with E-state index in [0.29, 0.717) is 24.4 Å². The molecule has 24 heavy (non-hydrogen) atoms. The predicted molar refractivity (Wildman–Crippen MR) is 90.2 cm³/mol. The third-order valence-corrected chi connectivity index (χ3v) is 3.70. The largest absolute Gasteiger partial charge is 0.388 e. The van der Waals surface area contributed by atoms with Crippen LogP contribution in [-0.4, -0.2) is 32.7 Å². The molecule has 0 saturated carbocycles. The van der Waals surface area contributed by atoms with Crippen LogP contribution in [0.25, 0.3) is 11.4 Å². The van der Waals surface area contributed by atoms with E-state index >= 15 is 0 Å². The molecule has 1 aromatic heterocycles. The summed E-state index contributed by atoms with van der Waals surface area (Å²) in [4.78, 5) is 16.3. The number of carbonyl (C=O) groups is 1. The van der Waals surface area contributed by atoms with Crippen molar-refractivity contribution in [3.63, 3.8) is 0 Å². The Labute approximate surface area is 139 Å². The van der Waals surface area contributed by atoms with E-state index in [-0.39, 0.29) is 5.91 Å². The maximum Gasteiger partial charge on any atom is 0.251 e. The number of hydrogen-bond donors (Lipinski definition) is 3. The molecule has 2 aromatic carbocycles. The zero-order valence-electron chi connectivity index (χ0n) is 13.0. The van der Waals surface area contributed by atoms with Crippen LogP contribution in [0.15, 0.2) is 60.9 Å². The molecule has 0 radical (unpaired) electrons. The van der Waals surface area contributed by atoms with Crippen molar-refractivity contribution in [1.82, 2.24) is 20.5 Å². The zero-order valence-corrected chi connectivity index (χ0v) is 13.0. The van der Waals surface area contributed by atoms with Gasteiger partial charge >= 0.3 is 0 Å². The first-order chi connectivity index (χ1) is 11.7. The third kappa shape index (κ3) is 3.85. The van der Waals surface area contributed by atoms with E-state index in [1.165, 1.54) is 6.33 Å². The van der Waals surface area contributed by atoms with Crippen molar-refractivity contribution in [2.75, 3.05) is 6.54 Å². The van der Waals surface area contributed by atoms with Gasteiger partial charge in [0.05, 0.1) is 6.10 Å². The summed E-state index contributed by atoms with van der Waals surface area (Å²) in [6, 6.07) is 16.5. The van der Waals surface area contributed by atoms with Crippen molar-refractivity contribution in [2.24, 2.45) is 0 Å². The van der Waals surface area contributed by atoms with Crippen molar-refractivity contribution in [3.8, 4) is 11.4 Å². The number of benzene rings is 2. The number of aliphatic hydroxyl groups excluding tert-OH is 1. The van der Waals surface area contributed by atoms with E-state index in [1.807, 2.05) is 36.4 Å². The number of nitrogens with one attached hydrogen (secondary N) is 2. The highest BCUT2D eigenvalue weighted by Crippen LogP contribution is 2.16. The van der Waals surface area contributed by atoms with Gasteiger partial charge in [-0.3, -0.25) is 9.89 Å². The lowest BCUT2D eigenvalue weighted by Crippen LogP contribution is -2.25. The first-order valence-corrected chi connectivity index (χ1v) is 7.71. The van der Waals surface area contributed by atoms with Crippen molar-refractivity contribution in [3.05, 3.63) is 72.1 Å². The monoisotopic (exact) mass is 322 g/mol. The van der Waals surface area contributed by atoms with Gasteiger partial charge < -0.3 is 10.4 Å². The Hall–Kier alpha value is -2.99. The van der Waals surface area contributed by atoms with E-state index in [9.17, 15) is 9.90 Å². The van der Waals surface area contributed by atoms with E-state index in [1.54, 1.807) is 18.2 Å². The summed E-state index contributed by atoms with van der Waals surface area (Å²) in [5, 5.41) is 19.5. The van der Waals surface area contributed by atoms with Crippen LogP contribution in [0, 0.1) is 0 Å². The van der Waals surface area contributed by atoms with Crippen LogP contribution < -0.4 is 5.32 Å². The van der Waals surface area contributed by atoms with Gasteiger partial charge in [0.15, 0.2) is 5.82 Å². The van der Waals surface area contributed by atoms with Gasteiger partial charge in [0, 0.05) is 17.7 Å². The maximum absolute atomic E-state index is 12.2. The molecule has 3 rings (SSSR count). The highest BCUT2D eigenvalue weighted by molar-refractivity contribution is 5.95. The lowest BCUT2D eigenvalue weighted by atomic mass is 10.1. The van der Waals surface area contributed by atoms with Crippen LogP contribution in [0.4, 0.5) is 0 Å². The second-order valence-electron chi connectivity index (χ2n) is 5.39. The minimum Gasteiger partial charge on any atom is -0.388 e. The number of rotatable bonds is 6. The van der Waals surface area contributed by atoms with E-state index < -0.39 is 6.10 Å². The fraction of sp³-hybridized carbons (Fsp3) is 0.167. The Morgan fingerprint density at radius 3 is 2.75 bits per heavy atom. The Morgan fingerprint density at radius 1 is 1.17 bits per heavy atom. The number of aromatic nitrogens is 3. The average molecular weight is 322 g/mol. The molecule has 122 valence electrons. The summed E-state index contributed by atoms with van der Waals surface area (Å²) in [5.41, 5.74) is 2.18. The lowest BCUT2D eigenvalue weighted by molar-refractivity contribution is 0.0942. The Balaban J connectivity index is 1.57. The van der Waals surface area contributed by atoms with Crippen molar-refractivity contribution < 1.29 is 9.90 Å². The van der Waals surface area contributed by atoms with Crippen LogP contribution in [0.1, 0.15) is 28.4 Å². The highest BCUT2D eigenvalue weighted by atomic mass is 16.3. The quantitative estimate of drug-likeness (QED) is 0.649. The SMILES string of the molecule is O=C(NCCC(O)c1ccccc1)c1cccc(-c2ncn[nH]2)c1. The number of aromatic amines is 1. The van der Waals surface area contributed by atoms with Crippen molar-refractivity contribution in [2.45, 2.75) is 12.5 Å². The molecule has 1 heterocycles. The molecule has 6 nitrogen and oxygen atoms in total. The first-order valence-electron chi connectivity index (χ1n) is 7.71. The lowest BCUT2D eigenvalue weighted by Gasteiger charge is -2.11. The molecule has 1 amide bonds. The zero-order chi connectivity index (χ0) is 16.8. The summed E-state index contributed by atoms with van der Waals surface area (Å²) < 4.78 is 0. The average Bonchev–Trinajstić information content (AvgIpc) is 3.17. The summed E-state index contributed by atoms with van der Waals surface area (Å²) in [7, 11) is 0. The van der Waals surface area contributed by atoms with Crippen LogP contribution in [0.2, 0.25) is 0 Å². The van der Waals surface area contributed by atoms with Crippen LogP contribution in [0.5, 0.6) is 0 Å². The summed E-state index contributed by atoms with van der Waals surface area (Å²) >= 11 is 0. The molecule has 3 N–H and O–H groups in total. The molecule has 0 aliphatic rings. The molecule has 0 bridgehead atoms.